The fourth-order valence-electron chi connectivity index (χ4n) is 2.45. The Kier molecular flexibility index (Phi) is 4.54. The van der Waals surface area contributed by atoms with Gasteiger partial charge in [0.15, 0.2) is 5.82 Å². The number of pyridine rings is 1. The van der Waals surface area contributed by atoms with Crippen LogP contribution >= 0.6 is 11.3 Å². The fourth-order valence-corrected chi connectivity index (χ4v) is 3.48. The first kappa shape index (κ1) is 15.8. The quantitative estimate of drug-likeness (QED) is 0.749. The lowest BCUT2D eigenvalue weighted by Gasteiger charge is -2.16. The van der Waals surface area contributed by atoms with Crippen LogP contribution in [0.1, 0.15) is 23.8 Å². The van der Waals surface area contributed by atoms with Gasteiger partial charge < -0.3 is 10.4 Å². The first-order valence-electron chi connectivity index (χ1n) is 7.69. The second-order valence-corrected chi connectivity index (χ2v) is 6.74. The van der Waals surface area contributed by atoms with Crippen LogP contribution in [-0.2, 0) is 0 Å². The number of aromatic nitrogens is 3. The smallest absolute Gasteiger partial charge is 0.164 e. The third kappa shape index (κ3) is 3.04. The van der Waals surface area contributed by atoms with Gasteiger partial charge in [-0.15, -0.1) is 11.3 Å². The first-order valence-corrected chi connectivity index (χ1v) is 8.51. The van der Waals surface area contributed by atoms with E-state index < -0.39 is 0 Å². The van der Waals surface area contributed by atoms with Crippen molar-refractivity contribution in [3.05, 3.63) is 35.0 Å². The van der Waals surface area contributed by atoms with Crippen LogP contribution in [0.5, 0.6) is 0 Å². The number of nitrogens with zero attached hydrogens (tertiary/aromatic N) is 3. The Morgan fingerprint density at radius 2 is 2.13 bits per heavy atom. The zero-order chi connectivity index (χ0) is 16.4. The number of fused-ring (bicyclic) bond motifs is 1. The van der Waals surface area contributed by atoms with Gasteiger partial charge in [-0.1, -0.05) is 6.92 Å². The molecule has 0 amide bonds. The molecule has 1 atom stereocenters. The van der Waals surface area contributed by atoms with E-state index in [4.69, 9.17) is 9.97 Å². The Hall–Kier alpha value is -2.05. The highest BCUT2D eigenvalue weighted by atomic mass is 32.1. The largest absolute Gasteiger partial charge is 0.394 e. The number of anilines is 1. The van der Waals surface area contributed by atoms with Crippen LogP contribution < -0.4 is 5.32 Å². The molecule has 0 unspecified atom stereocenters. The van der Waals surface area contributed by atoms with Gasteiger partial charge in [0.2, 0.25) is 0 Å². The van der Waals surface area contributed by atoms with E-state index in [1.807, 2.05) is 19.1 Å². The van der Waals surface area contributed by atoms with Crippen molar-refractivity contribution in [2.45, 2.75) is 33.2 Å². The summed E-state index contributed by atoms with van der Waals surface area (Å²) in [5.41, 5.74) is 2.08. The summed E-state index contributed by atoms with van der Waals surface area (Å²) >= 11 is 1.67. The number of aliphatic hydroxyl groups is 1. The Bertz CT molecular complexity index is 812. The molecule has 0 bridgehead atoms. The minimum Gasteiger partial charge on any atom is -0.394 e. The van der Waals surface area contributed by atoms with Gasteiger partial charge >= 0.3 is 0 Å². The third-order valence-corrected chi connectivity index (χ3v) is 5.10. The molecule has 0 aliphatic carbocycles. The summed E-state index contributed by atoms with van der Waals surface area (Å²) < 4.78 is 0. The van der Waals surface area contributed by atoms with Crippen molar-refractivity contribution in [1.29, 1.82) is 0 Å². The molecule has 3 aromatic rings. The maximum Gasteiger partial charge on any atom is 0.164 e. The average Bonchev–Trinajstić information content (AvgIpc) is 2.87. The average molecular weight is 328 g/mol. The van der Waals surface area contributed by atoms with Gasteiger partial charge in [0, 0.05) is 22.8 Å². The van der Waals surface area contributed by atoms with Gasteiger partial charge in [-0.2, -0.15) is 0 Å². The standard InChI is InChI=1S/C17H20N4OS/c1-4-13(9-22)19-16-14-10(2)11(3)23-17(14)21-15(20-16)12-6-5-7-18-8-12/h5-8,13,22H,4,9H2,1-3H3,(H,19,20,21)/t13-/m1/s1. The lowest BCUT2D eigenvalue weighted by atomic mass is 10.1. The van der Waals surface area contributed by atoms with Crippen molar-refractivity contribution in [3.63, 3.8) is 0 Å². The minimum absolute atomic E-state index is 0.0190. The van der Waals surface area contributed by atoms with Crippen LogP contribution in [0, 0.1) is 13.8 Å². The van der Waals surface area contributed by atoms with Gasteiger partial charge in [-0.05, 0) is 38.0 Å². The lowest BCUT2D eigenvalue weighted by Crippen LogP contribution is -2.23. The predicted molar refractivity (Wildman–Crippen MR) is 94.9 cm³/mol. The Balaban J connectivity index is 2.18. The third-order valence-electron chi connectivity index (χ3n) is 4.00. The molecule has 3 aromatic heterocycles. The summed E-state index contributed by atoms with van der Waals surface area (Å²) in [5, 5.41) is 13.9. The lowest BCUT2D eigenvalue weighted by molar-refractivity contribution is 0.271. The van der Waals surface area contributed by atoms with E-state index in [9.17, 15) is 5.11 Å². The highest BCUT2D eigenvalue weighted by Crippen LogP contribution is 2.35. The van der Waals surface area contributed by atoms with Crippen molar-refractivity contribution in [3.8, 4) is 11.4 Å². The molecule has 0 aliphatic heterocycles. The molecule has 5 nitrogen and oxygen atoms in total. The van der Waals surface area contributed by atoms with Crippen LogP contribution in [0.15, 0.2) is 24.5 Å². The summed E-state index contributed by atoms with van der Waals surface area (Å²) in [7, 11) is 0. The van der Waals surface area contributed by atoms with Crippen LogP contribution in [0.2, 0.25) is 0 Å². The van der Waals surface area contributed by atoms with Crippen LogP contribution in [-0.4, -0.2) is 32.7 Å². The van der Waals surface area contributed by atoms with E-state index in [2.05, 4.69) is 24.1 Å². The topological polar surface area (TPSA) is 70.9 Å². The summed E-state index contributed by atoms with van der Waals surface area (Å²) in [6, 6.07) is 3.81. The molecule has 3 heterocycles. The van der Waals surface area contributed by atoms with E-state index in [0.717, 1.165) is 28.0 Å². The van der Waals surface area contributed by atoms with E-state index in [1.165, 1.54) is 10.4 Å². The van der Waals surface area contributed by atoms with Crippen molar-refractivity contribution < 1.29 is 5.11 Å². The van der Waals surface area contributed by atoms with Gasteiger partial charge in [-0.3, -0.25) is 4.98 Å². The highest BCUT2D eigenvalue weighted by Gasteiger charge is 2.17. The molecule has 3 rings (SSSR count). The van der Waals surface area contributed by atoms with Gasteiger partial charge in [-0.25, -0.2) is 9.97 Å². The first-order chi connectivity index (χ1) is 11.1. The van der Waals surface area contributed by atoms with E-state index in [-0.39, 0.29) is 12.6 Å². The maximum atomic E-state index is 9.51. The molecule has 6 heteroatoms. The number of thiophene rings is 1. The van der Waals surface area contributed by atoms with Gasteiger partial charge in [0.25, 0.3) is 0 Å². The summed E-state index contributed by atoms with van der Waals surface area (Å²) in [6.45, 7) is 6.30. The van der Waals surface area contributed by atoms with Crippen LogP contribution in [0.3, 0.4) is 0 Å². The molecule has 120 valence electrons. The molecule has 0 aliphatic rings. The highest BCUT2D eigenvalue weighted by molar-refractivity contribution is 7.18. The van der Waals surface area contributed by atoms with Crippen LogP contribution in [0.25, 0.3) is 21.6 Å². The molecule has 23 heavy (non-hydrogen) atoms. The Morgan fingerprint density at radius 3 is 2.78 bits per heavy atom. The molecule has 0 radical (unpaired) electrons. The van der Waals surface area contributed by atoms with E-state index in [0.29, 0.717) is 5.82 Å². The minimum atomic E-state index is -0.0190. The van der Waals surface area contributed by atoms with Crippen LogP contribution in [0.4, 0.5) is 5.82 Å². The molecule has 0 saturated carbocycles. The summed E-state index contributed by atoms with van der Waals surface area (Å²) in [4.78, 5) is 15.8. The molecule has 2 N–H and O–H groups in total. The van der Waals surface area contributed by atoms with E-state index >= 15 is 0 Å². The molecule has 0 spiro atoms. The van der Waals surface area contributed by atoms with Gasteiger partial charge in [0.1, 0.15) is 10.6 Å². The van der Waals surface area contributed by atoms with Gasteiger partial charge in [0.05, 0.1) is 18.0 Å². The Labute approximate surface area is 139 Å². The SMILES string of the molecule is CC[C@H](CO)Nc1nc(-c2cccnc2)nc2sc(C)c(C)c12. The molecule has 0 saturated heterocycles. The zero-order valence-corrected chi connectivity index (χ0v) is 14.3. The monoisotopic (exact) mass is 328 g/mol. The zero-order valence-electron chi connectivity index (χ0n) is 13.5. The summed E-state index contributed by atoms with van der Waals surface area (Å²) in [6.07, 6.45) is 4.33. The summed E-state index contributed by atoms with van der Waals surface area (Å²) in [5.74, 6) is 1.44. The predicted octanol–water partition coefficient (Wildman–Crippen LogP) is 3.55. The molecule has 0 fully saturated rings. The number of nitrogens with one attached hydrogen (secondary N) is 1. The van der Waals surface area contributed by atoms with Crippen molar-refractivity contribution in [2.24, 2.45) is 0 Å². The number of rotatable bonds is 5. The molecular weight excluding hydrogens is 308 g/mol. The number of hydrogen-bond acceptors (Lipinski definition) is 6. The van der Waals surface area contributed by atoms with Crippen molar-refractivity contribution >= 4 is 27.4 Å². The van der Waals surface area contributed by atoms with Crippen molar-refractivity contribution in [2.75, 3.05) is 11.9 Å². The van der Waals surface area contributed by atoms with E-state index in [1.54, 1.807) is 23.7 Å². The van der Waals surface area contributed by atoms with Crippen molar-refractivity contribution in [1.82, 2.24) is 15.0 Å². The number of aryl methyl sites for hydroxylation is 2. The molecule has 0 aromatic carbocycles. The fraction of sp³-hybridized carbons (Fsp3) is 0.353. The Morgan fingerprint density at radius 1 is 1.30 bits per heavy atom. The number of hydrogen-bond donors (Lipinski definition) is 2. The second kappa shape index (κ2) is 6.60. The molecular formula is C17H20N4OS. The second-order valence-electron chi connectivity index (χ2n) is 5.53. The maximum absolute atomic E-state index is 9.51. The number of aliphatic hydroxyl groups excluding tert-OH is 1. The normalized spacial score (nSPS) is 12.5.